The van der Waals surface area contributed by atoms with Gasteiger partial charge in [-0.25, -0.2) is 14.8 Å². The Morgan fingerprint density at radius 3 is 2.18 bits per heavy atom. The number of nitrogens with one attached hydrogen (secondary N) is 4. The largest absolute Gasteiger partial charge is 0.439 e. The van der Waals surface area contributed by atoms with Crippen LogP contribution in [0.3, 0.4) is 0 Å². The highest BCUT2D eigenvalue weighted by Crippen LogP contribution is 2.33. The Morgan fingerprint density at radius 1 is 0.921 bits per heavy atom. The van der Waals surface area contributed by atoms with E-state index in [1.54, 1.807) is 31.2 Å². The van der Waals surface area contributed by atoms with Crippen LogP contribution in [-0.4, -0.2) is 33.5 Å². The van der Waals surface area contributed by atoms with Gasteiger partial charge in [0.1, 0.15) is 23.9 Å². The van der Waals surface area contributed by atoms with Gasteiger partial charge in [0, 0.05) is 23.0 Å². The molecule has 38 heavy (non-hydrogen) atoms. The minimum absolute atomic E-state index is 0.0127. The van der Waals surface area contributed by atoms with E-state index in [9.17, 15) is 22.8 Å². The van der Waals surface area contributed by atoms with Crippen LogP contribution in [0.2, 0.25) is 0 Å². The van der Waals surface area contributed by atoms with Gasteiger partial charge in [-0.05, 0) is 76.6 Å². The molecule has 1 unspecified atom stereocenters. The number of aromatic nitrogens is 2. The first-order chi connectivity index (χ1) is 17.7. The molecule has 0 saturated carbocycles. The molecule has 0 radical (unpaired) electrons. The van der Waals surface area contributed by atoms with Crippen molar-refractivity contribution in [3.8, 4) is 11.6 Å². The van der Waals surface area contributed by atoms with E-state index in [1.165, 1.54) is 31.5 Å². The van der Waals surface area contributed by atoms with E-state index in [2.05, 4.69) is 31.2 Å². The van der Waals surface area contributed by atoms with Gasteiger partial charge < -0.3 is 26.0 Å². The lowest BCUT2D eigenvalue weighted by atomic mass is 10.1. The molecule has 1 heterocycles. The number of nitrogens with zero attached hydrogens (tertiary/aromatic N) is 2. The summed E-state index contributed by atoms with van der Waals surface area (Å²) in [6, 6.07) is 10.1. The van der Waals surface area contributed by atoms with Gasteiger partial charge in [-0.1, -0.05) is 6.07 Å². The second kappa shape index (κ2) is 11.4. The zero-order valence-corrected chi connectivity index (χ0v) is 21.5. The fourth-order valence-corrected chi connectivity index (χ4v) is 3.27. The van der Waals surface area contributed by atoms with E-state index in [4.69, 9.17) is 4.74 Å². The predicted octanol–water partition coefficient (Wildman–Crippen LogP) is 5.96. The van der Waals surface area contributed by atoms with Gasteiger partial charge in [0.15, 0.2) is 0 Å². The summed E-state index contributed by atoms with van der Waals surface area (Å²) in [4.78, 5) is 32.7. The number of anilines is 3. The molecule has 0 spiro atoms. The normalized spacial score (nSPS) is 12.3. The molecule has 3 rings (SSSR count). The first kappa shape index (κ1) is 28.2. The van der Waals surface area contributed by atoms with Crippen molar-refractivity contribution in [3.63, 3.8) is 0 Å². The lowest BCUT2D eigenvalue weighted by Crippen LogP contribution is -2.47. The Labute approximate surface area is 218 Å². The van der Waals surface area contributed by atoms with Crippen LogP contribution < -0.4 is 26.0 Å². The number of hydrogen-bond donors (Lipinski definition) is 4. The summed E-state index contributed by atoms with van der Waals surface area (Å²) in [7, 11) is 0. The van der Waals surface area contributed by atoms with Crippen molar-refractivity contribution in [1.82, 2.24) is 15.3 Å². The average molecular weight is 531 g/mol. The van der Waals surface area contributed by atoms with Crippen molar-refractivity contribution >= 4 is 29.1 Å². The van der Waals surface area contributed by atoms with Gasteiger partial charge in [-0.15, -0.1) is 0 Å². The van der Waals surface area contributed by atoms with Crippen LogP contribution >= 0.6 is 0 Å². The van der Waals surface area contributed by atoms with Crippen molar-refractivity contribution in [2.45, 2.75) is 52.4 Å². The first-order valence-electron chi connectivity index (χ1n) is 11.6. The van der Waals surface area contributed by atoms with Crippen molar-refractivity contribution < 1.29 is 27.5 Å². The van der Waals surface area contributed by atoms with Crippen LogP contribution in [0.4, 0.5) is 35.2 Å². The minimum atomic E-state index is -4.52. The third-order valence-electron chi connectivity index (χ3n) is 5.03. The molecule has 12 heteroatoms. The Morgan fingerprint density at radius 2 is 1.55 bits per heavy atom. The monoisotopic (exact) mass is 530 g/mol. The van der Waals surface area contributed by atoms with Crippen LogP contribution in [0.5, 0.6) is 11.6 Å². The summed E-state index contributed by atoms with van der Waals surface area (Å²) in [5.74, 6) is 0.844. The maximum atomic E-state index is 13.1. The lowest BCUT2D eigenvalue weighted by molar-refractivity contribution is -0.138. The molecule has 0 fully saturated rings. The summed E-state index contributed by atoms with van der Waals surface area (Å²) in [5, 5.41) is 10.8. The third-order valence-corrected chi connectivity index (χ3v) is 5.03. The maximum Gasteiger partial charge on any atom is 0.416 e. The van der Waals surface area contributed by atoms with E-state index in [0.717, 1.165) is 6.07 Å². The van der Waals surface area contributed by atoms with Crippen LogP contribution in [0.1, 0.15) is 38.8 Å². The zero-order chi connectivity index (χ0) is 28.1. The van der Waals surface area contributed by atoms with Gasteiger partial charge in [-0.3, -0.25) is 4.79 Å². The third kappa shape index (κ3) is 8.36. The number of carbonyl (C=O) groups excluding carboxylic acids is 2. The van der Waals surface area contributed by atoms with E-state index < -0.39 is 23.8 Å². The molecule has 9 nitrogen and oxygen atoms in total. The summed E-state index contributed by atoms with van der Waals surface area (Å²) in [6.07, 6.45) is -3.23. The summed E-state index contributed by atoms with van der Waals surface area (Å²) >= 11 is 0. The summed E-state index contributed by atoms with van der Waals surface area (Å²) in [5.41, 5.74) is -0.722. The van der Waals surface area contributed by atoms with Gasteiger partial charge in [0.2, 0.25) is 11.8 Å². The molecule has 1 atom stereocenters. The molecule has 202 valence electrons. The summed E-state index contributed by atoms with van der Waals surface area (Å²) in [6.45, 7) is 8.72. The number of halogens is 3. The zero-order valence-electron chi connectivity index (χ0n) is 21.5. The highest BCUT2D eigenvalue weighted by Gasteiger charge is 2.32. The number of aryl methyl sites for hydroxylation is 1. The molecule has 0 bridgehead atoms. The Kier molecular flexibility index (Phi) is 8.44. The number of ether oxygens (including phenoxy) is 1. The van der Waals surface area contributed by atoms with Crippen molar-refractivity contribution in [2.24, 2.45) is 0 Å². The van der Waals surface area contributed by atoms with Crippen LogP contribution in [0, 0.1) is 6.92 Å². The van der Waals surface area contributed by atoms with E-state index in [0.29, 0.717) is 17.3 Å². The van der Waals surface area contributed by atoms with Gasteiger partial charge in [0.25, 0.3) is 0 Å². The number of alkyl halides is 3. The quantitative estimate of drug-likeness (QED) is 0.300. The highest BCUT2D eigenvalue weighted by atomic mass is 19.4. The Balaban J connectivity index is 1.58. The molecule has 3 amide bonds. The lowest BCUT2D eigenvalue weighted by Gasteiger charge is -2.23. The molecule has 0 aliphatic heterocycles. The smallest absolute Gasteiger partial charge is 0.416 e. The Bertz CT molecular complexity index is 1290. The van der Waals surface area contributed by atoms with Crippen molar-refractivity contribution in [2.75, 3.05) is 16.0 Å². The van der Waals surface area contributed by atoms with E-state index in [1.807, 2.05) is 20.8 Å². The molecular weight excluding hydrogens is 501 g/mol. The second-order valence-corrected chi connectivity index (χ2v) is 9.58. The number of hydrogen-bond acceptors (Lipinski definition) is 6. The van der Waals surface area contributed by atoms with Gasteiger partial charge in [0.05, 0.1) is 5.56 Å². The number of amides is 3. The van der Waals surface area contributed by atoms with E-state index in [-0.39, 0.29) is 28.6 Å². The van der Waals surface area contributed by atoms with Crippen LogP contribution in [0.25, 0.3) is 0 Å². The predicted molar refractivity (Wildman–Crippen MR) is 138 cm³/mol. The van der Waals surface area contributed by atoms with Crippen LogP contribution in [-0.2, 0) is 11.0 Å². The number of rotatable bonds is 7. The van der Waals surface area contributed by atoms with Crippen molar-refractivity contribution in [3.05, 3.63) is 66.0 Å². The molecule has 2 aromatic carbocycles. The fourth-order valence-electron chi connectivity index (χ4n) is 3.27. The molecule has 0 aliphatic rings. The standard InChI is InChI=1S/C26H29F3N6O3/c1-15-6-7-18(12-20(15)26(27,28)29)34-24(37)33-17-8-10-19(11-9-17)38-22-13-21(30-14-31-22)32-16(2)23(36)35-25(3,4)5/h6-14,16H,1-5H3,(H,35,36)(H,30,31,32)(H2,33,34,37). The number of benzene rings is 2. The topological polar surface area (TPSA) is 117 Å². The van der Waals surface area contributed by atoms with Crippen LogP contribution in [0.15, 0.2) is 54.9 Å². The molecule has 3 aromatic rings. The molecule has 0 aliphatic carbocycles. The molecule has 4 N–H and O–H groups in total. The molecular formula is C26H29F3N6O3. The molecule has 1 aromatic heterocycles. The summed E-state index contributed by atoms with van der Waals surface area (Å²) < 4.78 is 45.0. The van der Waals surface area contributed by atoms with E-state index >= 15 is 0 Å². The highest BCUT2D eigenvalue weighted by molar-refractivity contribution is 5.99. The number of carbonyl (C=O) groups is 2. The molecule has 0 saturated heterocycles. The Hall–Kier alpha value is -4.35. The van der Waals surface area contributed by atoms with Gasteiger partial charge >= 0.3 is 12.2 Å². The minimum Gasteiger partial charge on any atom is -0.439 e. The fraction of sp³-hybridized carbons (Fsp3) is 0.308. The average Bonchev–Trinajstić information content (AvgIpc) is 2.80. The van der Waals surface area contributed by atoms with Gasteiger partial charge in [-0.2, -0.15) is 13.2 Å². The SMILES string of the molecule is Cc1ccc(NC(=O)Nc2ccc(Oc3cc(NC(C)C(=O)NC(C)(C)C)ncn3)cc2)cc1C(F)(F)F. The second-order valence-electron chi connectivity index (χ2n) is 9.58. The first-order valence-corrected chi connectivity index (χ1v) is 11.6. The number of urea groups is 1. The van der Waals surface area contributed by atoms with Crippen molar-refractivity contribution in [1.29, 1.82) is 0 Å². The maximum absolute atomic E-state index is 13.1.